The third-order valence-corrected chi connectivity index (χ3v) is 5.57. The van der Waals surface area contributed by atoms with E-state index in [9.17, 15) is 19.8 Å². The third-order valence-electron chi connectivity index (χ3n) is 5.57. The Labute approximate surface area is 208 Å². The number of carboxylic acids is 1. The van der Waals surface area contributed by atoms with Crippen LogP contribution in [0.4, 0.5) is 0 Å². The van der Waals surface area contributed by atoms with Gasteiger partial charge in [0.25, 0.3) is 5.91 Å². The van der Waals surface area contributed by atoms with Crippen molar-refractivity contribution in [1.29, 1.82) is 0 Å². The Hall–Kier alpha value is -4.75. The van der Waals surface area contributed by atoms with E-state index in [0.29, 0.717) is 22.4 Å². The summed E-state index contributed by atoms with van der Waals surface area (Å²) in [5.74, 6) is -1.29. The van der Waals surface area contributed by atoms with E-state index < -0.39 is 17.5 Å². The highest BCUT2D eigenvalue weighted by Crippen LogP contribution is 2.29. The zero-order chi connectivity index (χ0) is 25.4. The molecule has 0 aromatic heterocycles. The Morgan fingerprint density at radius 2 is 1.39 bits per heavy atom. The van der Waals surface area contributed by atoms with Gasteiger partial charge in [-0.25, -0.2) is 5.43 Å². The Balaban J connectivity index is 1.39. The molecule has 0 heterocycles. The highest BCUT2D eigenvalue weighted by Gasteiger charge is 2.39. The van der Waals surface area contributed by atoms with Crippen LogP contribution in [-0.2, 0) is 17.0 Å². The molecule has 180 valence electrons. The number of benzene rings is 4. The average Bonchev–Trinajstić information content (AvgIpc) is 2.93. The van der Waals surface area contributed by atoms with Crippen molar-refractivity contribution in [3.63, 3.8) is 0 Å². The molecule has 2 N–H and O–H groups in total. The molecule has 7 nitrogen and oxygen atoms in total. The van der Waals surface area contributed by atoms with E-state index in [1.54, 1.807) is 84.9 Å². The zero-order valence-corrected chi connectivity index (χ0v) is 19.2. The minimum atomic E-state index is -1.91. The fourth-order valence-corrected chi connectivity index (χ4v) is 3.59. The van der Waals surface area contributed by atoms with Gasteiger partial charge in [0, 0.05) is 0 Å². The number of aromatic carboxylic acids is 1. The van der Waals surface area contributed by atoms with Crippen LogP contribution < -0.4 is 15.3 Å². The van der Waals surface area contributed by atoms with Gasteiger partial charge in [0.15, 0.2) is 5.60 Å². The van der Waals surface area contributed by atoms with Crippen molar-refractivity contribution in [2.75, 3.05) is 0 Å². The summed E-state index contributed by atoms with van der Waals surface area (Å²) in [6.45, 7) is 0.272. The molecule has 4 rings (SSSR count). The van der Waals surface area contributed by atoms with Crippen molar-refractivity contribution >= 4 is 18.1 Å². The number of rotatable bonds is 9. The minimum Gasteiger partial charge on any atom is -0.545 e. The van der Waals surface area contributed by atoms with E-state index >= 15 is 0 Å². The average molecular weight is 480 g/mol. The number of hydrazone groups is 1. The zero-order valence-electron chi connectivity index (χ0n) is 19.2. The van der Waals surface area contributed by atoms with E-state index in [1.807, 2.05) is 12.1 Å². The molecule has 4 aromatic rings. The maximum atomic E-state index is 13.1. The Bertz CT molecular complexity index is 1300. The lowest BCUT2D eigenvalue weighted by Gasteiger charge is -2.27. The Kier molecular flexibility index (Phi) is 7.53. The number of hydrogen-bond acceptors (Lipinski definition) is 6. The van der Waals surface area contributed by atoms with Crippen LogP contribution in [0, 0.1) is 0 Å². The van der Waals surface area contributed by atoms with Crippen LogP contribution in [0.2, 0.25) is 0 Å². The molecule has 1 amide bonds. The number of amides is 1. The molecule has 0 fully saturated rings. The molecule has 0 saturated carbocycles. The molecule has 0 radical (unpaired) electrons. The van der Waals surface area contributed by atoms with Crippen molar-refractivity contribution in [2.24, 2.45) is 5.10 Å². The monoisotopic (exact) mass is 479 g/mol. The molecule has 0 saturated heterocycles. The number of carbonyl (C=O) groups excluding carboxylic acids is 2. The number of carboxylic acid groups (broad SMARTS) is 1. The summed E-state index contributed by atoms with van der Waals surface area (Å²) < 4.78 is 5.72. The van der Waals surface area contributed by atoms with Gasteiger partial charge >= 0.3 is 0 Å². The first kappa shape index (κ1) is 24.4. The van der Waals surface area contributed by atoms with E-state index in [2.05, 4.69) is 10.5 Å². The molecule has 0 spiro atoms. The second-order valence-electron chi connectivity index (χ2n) is 7.98. The lowest BCUT2D eigenvalue weighted by Crippen LogP contribution is -2.43. The van der Waals surface area contributed by atoms with E-state index in [1.165, 1.54) is 18.3 Å². The quantitative estimate of drug-likeness (QED) is 0.283. The maximum absolute atomic E-state index is 13.1. The van der Waals surface area contributed by atoms with Crippen LogP contribution in [0.5, 0.6) is 5.75 Å². The second-order valence-corrected chi connectivity index (χ2v) is 7.98. The van der Waals surface area contributed by atoms with Gasteiger partial charge in [-0.1, -0.05) is 84.9 Å². The number of ether oxygens (including phenoxy) is 1. The smallest absolute Gasteiger partial charge is 0.281 e. The fraction of sp³-hybridized carbons (Fsp3) is 0.0690. The van der Waals surface area contributed by atoms with Crippen LogP contribution in [0.1, 0.15) is 32.6 Å². The predicted molar refractivity (Wildman–Crippen MR) is 133 cm³/mol. The van der Waals surface area contributed by atoms with Crippen molar-refractivity contribution in [2.45, 2.75) is 12.2 Å². The van der Waals surface area contributed by atoms with Gasteiger partial charge in [0.05, 0.1) is 12.2 Å². The predicted octanol–water partition coefficient (Wildman–Crippen LogP) is 3.02. The molecule has 0 atom stereocenters. The van der Waals surface area contributed by atoms with Crippen LogP contribution in [0.3, 0.4) is 0 Å². The van der Waals surface area contributed by atoms with Crippen molar-refractivity contribution in [3.8, 4) is 5.75 Å². The van der Waals surface area contributed by atoms with Gasteiger partial charge in [0.2, 0.25) is 0 Å². The van der Waals surface area contributed by atoms with Crippen molar-refractivity contribution in [1.82, 2.24) is 5.43 Å². The summed E-state index contributed by atoms with van der Waals surface area (Å²) in [7, 11) is 0. The molecule has 0 bridgehead atoms. The van der Waals surface area contributed by atoms with Gasteiger partial charge in [-0.3, -0.25) is 4.79 Å². The van der Waals surface area contributed by atoms with Crippen LogP contribution in [-0.4, -0.2) is 23.2 Å². The van der Waals surface area contributed by atoms with Crippen LogP contribution in [0.15, 0.2) is 114 Å². The molecule has 0 aliphatic carbocycles. The summed E-state index contributed by atoms with van der Waals surface area (Å²) in [6, 6.07) is 30.7. The third kappa shape index (κ3) is 5.65. The normalized spacial score (nSPS) is 11.2. The van der Waals surface area contributed by atoms with Gasteiger partial charge < -0.3 is 19.7 Å². The summed E-state index contributed by atoms with van der Waals surface area (Å²) in [6.07, 6.45) is 1.47. The van der Waals surface area contributed by atoms with E-state index in [4.69, 9.17) is 4.74 Å². The van der Waals surface area contributed by atoms with Crippen LogP contribution in [0.25, 0.3) is 0 Å². The first-order valence-electron chi connectivity index (χ1n) is 11.2. The number of aliphatic hydroxyl groups is 1. The summed E-state index contributed by atoms with van der Waals surface area (Å²) in [5.41, 5.74) is 3.04. The lowest BCUT2D eigenvalue weighted by atomic mass is 9.85. The molecular weight excluding hydrogens is 456 g/mol. The van der Waals surface area contributed by atoms with Gasteiger partial charge in [-0.05, 0) is 52.1 Å². The Morgan fingerprint density at radius 1 is 0.833 bits per heavy atom. The second kappa shape index (κ2) is 11.1. The van der Waals surface area contributed by atoms with Gasteiger partial charge in [-0.15, -0.1) is 0 Å². The van der Waals surface area contributed by atoms with Gasteiger partial charge in [-0.2, -0.15) is 5.10 Å². The lowest BCUT2D eigenvalue weighted by molar-refractivity contribution is -0.255. The largest absolute Gasteiger partial charge is 0.545 e. The molecule has 7 heteroatoms. The summed E-state index contributed by atoms with van der Waals surface area (Å²) in [5, 5.41) is 26.3. The minimum absolute atomic E-state index is 0.112. The number of nitrogens with zero attached hydrogens (tertiary/aromatic N) is 1. The van der Waals surface area contributed by atoms with Crippen LogP contribution >= 0.6 is 0 Å². The van der Waals surface area contributed by atoms with Crippen molar-refractivity contribution in [3.05, 3.63) is 137 Å². The van der Waals surface area contributed by atoms with E-state index in [0.717, 1.165) is 5.56 Å². The van der Waals surface area contributed by atoms with Gasteiger partial charge in [0.1, 0.15) is 12.4 Å². The highest BCUT2D eigenvalue weighted by atomic mass is 16.5. The molecule has 0 aliphatic rings. The molecule has 36 heavy (non-hydrogen) atoms. The highest BCUT2D eigenvalue weighted by molar-refractivity contribution is 5.91. The topological polar surface area (TPSA) is 111 Å². The first-order valence-corrected chi connectivity index (χ1v) is 11.2. The number of carbonyl (C=O) groups is 2. The van der Waals surface area contributed by atoms with Crippen molar-refractivity contribution < 1.29 is 24.5 Å². The first-order chi connectivity index (χ1) is 17.5. The molecular formula is C29H23N2O5-. The fourth-order valence-electron chi connectivity index (χ4n) is 3.59. The summed E-state index contributed by atoms with van der Waals surface area (Å²) >= 11 is 0. The SMILES string of the molecule is O=C([O-])c1ccc(COc2ccc(/C=N/NC(=O)C(O)(c3ccccc3)c3ccccc3)cc2)cc1. The summed E-state index contributed by atoms with van der Waals surface area (Å²) in [4.78, 5) is 23.9. The Morgan fingerprint density at radius 3 is 1.92 bits per heavy atom. The maximum Gasteiger partial charge on any atom is 0.281 e. The number of nitrogens with one attached hydrogen (secondary N) is 1. The number of hydrogen-bond donors (Lipinski definition) is 2. The standard InChI is InChI=1S/C29H24N2O5/c32-27(33)23-15-11-22(12-16-23)20-36-26-17-13-21(14-18-26)19-30-31-28(34)29(35,24-7-3-1-4-8-24)25-9-5-2-6-10-25/h1-19,35H,20H2,(H,31,34)(H,32,33)/p-1/b30-19+. The molecule has 0 aliphatic heterocycles. The molecule has 4 aromatic carbocycles. The van der Waals surface area contributed by atoms with E-state index in [-0.39, 0.29) is 12.2 Å². The molecule has 0 unspecified atom stereocenters.